The number of fused-ring (bicyclic) bond motifs is 1. The molecular formula is C12H10BrFN2. The summed E-state index contributed by atoms with van der Waals surface area (Å²) in [6, 6.07) is 4.68. The summed E-state index contributed by atoms with van der Waals surface area (Å²) in [4.78, 5) is 8.66. The maximum Gasteiger partial charge on any atom is 0.197 e. The Hall–Kier alpha value is -1.03. The lowest BCUT2D eigenvalue weighted by Gasteiger charge is -2.25. The van der Waals surface area contributed by atoms with Gasteiger partial charge in [0.2, 0.25) is 0 Å². The second kappa shape index (κ2) is 3.77. The first-order valence-corrected chi connectivity index (χ1v) is 6.16. The first kappa shape index (κ1) is 10.1. The van der Waals surface area contributed by atoms with Crippen molar-refractivity contribution in [1.29, 1.82) is 0 Å². The average molecular weight is 281 g/mol. The van der Waals surface area contributed by atoms with Gasteiger partial charge in [-0.15, -0.1) is 0 Å². The van der Waals surface area contributed by atoms with E-state index in [1.807, 2.05) is 0 Å². The summed E-state index contributed by atoms with van der Waals surface area (Å²) in [5.74, 6) is 0.252. The van der Waals surface area contributed by atoms with Gasteiger partial charge in [-0.05, 0) is 47.0 Å². The fourth-order valence-corrected chi connectivity index (χ4v) is 2.47. The lowest BCUT2D eigenvalue weighted by atomic mass is 9.81. The van der Waals surface area contributed by atoms with Crippen LogP contribution in [-0.4, -0.2) is 9.97 Å². The molecular weight excluding hydrogens is 271 g/mol. The third kappa shape index (κ3) is 1.61. The maximum atomic E-state index is 13.2. The molecule has 3 rings (SSSR count). The first-order valence-electron chi connectivity index (χ1n) is 5.37. The van der Waals surface area contributed by atoms with E-state index < -0.39 is 0 Å². The molecule has 0 N–H and O–H groups in total. The molecule has 0 aliphatic heterocycles. The van der Waals surface area contributed by atoms with Gasteiger partial charge in [0.15, 0.2) is 4.73 Å². The summed E-state index contributed by atoms with van der Waals surface area (Å²) in [6.07, 6.45) is 3.53. The summed E-state index contributed by atoms with van der Waals surface area (Å²) in [7, 11) is 0. The van der Waals surface area contributed by atoms with E-state index in [-0.39, 0.29) is 5.82 Å². The topological polar surface area (TPSA) is 25.8 Å². The molecule has 0 unspecified atom stereocenters. The maximum absolute atomic E-state index is 13.2. The molecule has 2 aromatic rings. The fourth-order valence-electron chi connectivity index (χ4n) is 2.09. The highest BCUT2D eigenvalue weighted by atomic mass is 79.9. The lowest BCUT2D eigenvalue weighted by molar-refractivity contribution is 0.413. The van der Waals surface area contributed by atoms with E-state index in [9.17, 15) is 4.39 Å². The minimum atomic E-state index is -0.223. The van der Waals surface area contributed by atoms with E-state index in [0.29, 0.717) is 10.7 Å². The first-order chi connectivity index (χ1) is 7.74. The molecule has 16 heavy (non-hydrogen) atoms. The van der Waals surface area contributed by atoms with Gasteiger partial charge in [-0.1, -0.05) is 6.42 Å². The number of hydrogen-bond acceptors (Lipinski definition) is 2. The zero-order chi connectivity index (χ0) is 11.1. The largest absolute Gasteiger partial charge is 0.226 e. The highest BCUT2D eigenvalue weighted by molar-refractivity contribution is 9.10. The Labute approximate surface area is 101 Å². The van der Waals surface area contributed by atoms with Gasteiger partial charge in [0.25, 0.3) is 0 Å². The molecule has 2 nitrogen and oxygen atoms in total. The van der Waals surface area contributed by atoms with Gasteiger partial charge in [0, 0.05) is 11.3 Å². The third-order valence-corrected chi connectivity index (χ3v) is 3.51. The highest BCUT2D eigenvalue weighted by Crippen LogP contribution is 2.38. The predicted octanol–water partition coefficient (Wildman–Crippen LogP) is 3.80. The van der Waals surface area contributed by atoms with Gasteiger partial charge in [-0.25, -0.2) is 14.4 Å². The van der Waals surface area contributed by atoms with Gasteiger partial charge in [-0.3, -0.25) is 0 Å². The average Bonchev–Trinajstić information content (AvgIpc) is 2.16. The molecule has 0 saturated heterocycles. The molecule has 0 atom stereocenters. The van der Waals surface area contributed by atoms with Crippen LogP contribution in [0.4, 0.5) is 4.39 Å². The molecule has 0 radical (unpaired) electrons. The molecule has 1 aromatic carbocycles. The SMILES string of the molecule is Fc1ccc2nc(Br)nc(C3CCC3)c2c1. The summed E-state index contributed by atoms with van der Waals surface area (Å²) in [5, 5.41) is 0.855. The second-order valence-corrected chi connectivity index (χ2v) is 4.88. The van der Waals surface area contributed by atoms with Crippen LogP contribution in [-0.2, 0) is 0 Å². The molecule has 4 heteroatoms. The summed E-state index contributed by atoms with van der Waals surface area (Å²) in [6.45, 7) is 0. The summed E-state index contributed by atoms with van der Waals surface area (Å²) < 4.78 is 13.8. The van der Waals surface area contributed by atoms with Gasteiger partial charge in [0.1, 0.15) is 5.82 Å². The molecule has 0 spiro atoms. The lowest BCUT2D eigenvalue weighted by Crippen LogP contribution is -2.12. The number of aromatic nitrogens is 2. The number of rotatable bonds is 1. The Morgan fingerprint density at radius 1 is 1.25 bits per heavy atom. The molecule has 1 fully saturated rings. The van der Waals surface area contributed by atoms with Crippen molar-refractivity contribution in [2.45, 2.75) is 25.2 Å². The molecule has 1 aromatic heterocycles. The molecule has 1 aliphatic rings. The highest BCUT2D eigenvalue weighted by Gasteiger charge is 2.23. The van der Waals surface area contributed by atoms with Crippen LogP contribution in [0.2, 0.25) is 0 Å². The van der Waals surface area contributed by atoms with Crippen LogP contribution in [0, 0.1) is 5.82 Å². The predicted molar refractivity (Wildman–Crippen MR) is 63.8 cm³/mol. The van der Waals surface area contributed by atoms with Gasteiger partial charge < -0.3 is 0 Å². The van der Waals surface area contributed by atoms with E-state index in [4.69, 9.17) is 0 Å². The Kier molecular flexibility index (Phi) is 2.39. The number of nitrogens with zero attached hydrogens (tertiary/aromatic N) is 2. The van der Waals surface area contributed by atoms with Crippen LogP contribution in [0.5, 0.6) is 0 Å². The molecule has 1 aliphatic carbocycles. The van der Waals surface area contributed by atoms with Crippen molar-refractivity contribution in [3.05, 3.63) is 34.4 Å². The summed E-state index contributed by atoms with van der Waals surface area (Å²) in [5.41, 5.74) is 1.80. The fraction of sp³-hybridized carbons (Fsp3) is 0.333. The molecule has 0 amide bonds. The van der Waals surface area contributed by atoms with Crippen LogP contribution < -0.4 is 0 Å². The van der Waals surface area contributed by atoms with E-state index >= 15 is 0 Å². The number of halogens is 2. The van der Waals surface area contributed by atoms with Crippen molar-refractivity contribution in [3.63, 3.8) is 0 Å². The number of hydrogen-bond donors (Lipinski definition) is 0. The van der Waals surface area contributed by atoms with Crippen molar-refractivity contribution < 1.29 is 4.39 Å². The van der Waals surface area contributed by atoms with Crippen LogP contribution in [0.3, 0.4) is 0 Å². The Morgan fingerprint density at radius 2 is 2.06 bits per heavy atom. The number of benzene rings is 1. The van der Waals surface area contributed by atoms with E-state index in [2.05, 4.69) is 25.9 Å². The normalized spacial score (nSPS) is 16.4. The van der Waals surface area contributed by atoms with Crippen LogP contribution in [0.25, 0.3) is 10.9 Å². The van der Waals surface area contributed by atoms with Crippen molar-refractivity contribution in [2.75, 3.05) is 0 Å². The smallest absolute Gasteiger partial charge is 0.197 e. The Balaban J connectivity index is 2.26. The summed E-state index contributed by atoms with van der Waals surface area (Å²) >= 11 is 3.31. The van der Waals surface area contributed by atoms with E-state index in [1.54, 1.807) is 6.07 Å². The van der Waals surface area contributed by atoms with Crippen molar-refractivity contribution in [3.8, 4) is 0 Å². The molecule has 82 valence electrons. The monoisotopic (exact) mass is 280 g/mol. The quantitative estimate of drug-likeness (QED) is 0.743. The second-order valence-electron chi connectivity index (χ2n) is 4.17. The van der Waals surface area contributed by atoms with Crippen molar-refractivity contribution in [2.24, 2.45) is 0 Å². The minimum absolute atomic E-state index is 0.223. The zero-order valence-corrected chi connectivity index (χ0v) is 10.2. The van der Waals surface area contributed by atoms with Crippen molar-refractivity contribution in [1.82, 2.24) is 9.97 Å². The Bertz CT molecular complexity index is 552. The van der Waals surface area contributed by atoms with E-state index in [0.717, 1.165) is 29.4 Å². The van der Waals surface area contributed by atoms with Crippen LogP contribution in [0.15, 0.2) is 22.9 Å². The minimum Gasteiger partial charge on any atom is -0.226 e. The Morgan fingerprint density at radius 3 is 2.75 bits per heavy atom. The zero-order valence-electron chi connectivity index (χ0n) is 8.58. The third-order valence-electron chi connectivity index (χ3n) is 3.15. The van der Waals surface area contributed by atoms with Gasteiger partial charge in [0.05, 0.1) is 11.2 Å². The van der Waals surface area contributed by atoms with E-state index in [1.165, 1.54) is 18.6 Å². The van der Waals surface area contributed by atoms with Crippen molar-refractivity contribution >= 4 is 26.8 Å². The molecule has 0 bridgehead atoms. The van der Waals surface area contributed by atoms with Gasteiger partial charge in [-0.2, -0.15) is 0 Å². The van der Waals surface area contributed by atoms with Gasteiger partial charge >= 0.3 is 0 Å². The van der Waals surface area contributed by atoms with Crippen LogP contribution in [0.1, 0.15) is 30.9 Å². The van der Waals surface area contributed by atoms with Crippen LogP contribution >= 0.6 is 15.9 Å². The standard InChI is InChI=1S/C12H10BrFN2/c13-12-15-10-5-4-8(14)6-9(10)11(16-12)7-2-1-3-7/h4-7H,1-3H2. The molecule has 1 heterocycles. The molecule has 1 saturated carbocycles.